The number of rotatable bonds is 9. The van der Waals surface area contributed by atoms with E-state index in [0.717, 1.165) is 35.5 Å². The van der Waals surface area contributed by atoms with E-state index in [2.05, 4.69) is 18.8 Å². The van der Waals surface area contributed by atoms with Gasteiger partial charge in [-0.2, -0.15) is 0 Å². The molecule has 2 rings (SSSR count). The molecule has 1 aliphatic rings. The number of aliphatic hydroxyl groups excluding tert-OH is 2. The molecule has 1 aromatic rings. The zero-order valence-corrected chi connectivity index (χ0v) is 15.4. The number of aryl methyl sites for hydroxylation is 1. The average molecular weight is 340 g/mol. The van der Waals surface area contributed by atoms with Gasteiger partial charge in [0.25, 0.3) is 0 Å². The Labute approximate surface area is 143 Å². The van der Waals surface area contributed by atoms with Crippen LogP contribution in [0.4, 0.5) is 0 Å². The second-order valence-electron chi connectivity index (χ2n) is 7.03. The summed E-state index contributed by atoms with van der Waals surface area (Å²) >= 11 is 1.62. The van der Waals surface area contributed by atoms with Gasteiger partial charge in [0.1, 0.15) is 0 Å². The summed E-state index contributed by atoms with van der Waals surface area (Å²) in [4.78, 5) is 4.40. The third-order valence-electron chi connectivity index (χ3n) is 4.69. The van der Waals surface area contributed by atoms with Crippen LogP contribution in [0.1, 0.15) is 57.2 Å². The topological polar surface area (TPSA) is 65.9 Å². The fourth-order valence-electron chi connectivity index (χ4n) is 2.87. The zero-order valence-electron chi connectivity index (χ0n) is 14.6. The standard InChI is InChI=1S/C18H29NO3S/c1-12(10-20)6-5-7-18(4)17(22-18)9-16(21)13(2)8-15-11-23-14(3)19-15/h8,11-12,16-17,20-21H,5-7,9-10H2,1-4H3/b13-8+/t12-,16-,17-,18+/m0/s1. The van der Waals surface area contributed by atoms with Crippen LogP contribution in [-0.2, 0) is 4.74 Å². The summed E-state index contributed by atoms with van der Waals surface area (Å²) in [7, 11) is 0. The van der Waals surface area contributed by atoms with E-state index < -0.39 is 6.10 Å². The van der Waals surface area contributed by atoms with Crippen LogP contribution < -0.4 is 0 Å². The maximum Gasteiger partial charge on any atom is 0.0921 e. The Morgan fingerprint density at radius 2 is 2.30 bits per heavy atom. The molecule has 1 aromatic heterocycles. The summed E-state index contributed by atoms with van der Waals surface area (Å²) in [6, 6.07) is 0. The number of ether oxygens (including phenoxy) is 1. The molecule has 2 heterocycles. The number of aromatic nitrogens is 1. The molecule has 4 atom stereocenters. The van der Waals surface area contributed by atoms with Gasteiger partial charge in [0.15, 0.2) is 0 Å². The van der Waals surface area contributed by atoms with Gasteiger partial charge < -0.3 is 14.9 Å². The van der Waals surface area contributed by atoms with Crippen molar-refractivity contribution in [3.05, 3.63) is 21.7 Å². The molecule has 4 nitrogen and oxygen atoms in total. The molecule has 0 saturated carbocycles. The van der Waals surface area contributed by atoms with Gasteiger partial charge in [-0.25, -0.2) is 4.98 Å². The fraction of sp³-hybridized carbons (Fsp3) is 0.722. The lowest BCUT2D eigenvalue weighted by molar-refractivity contribution is 0.185. The molecule has 1 fully saturated rings. The lowest BCUT2D eigenvalue weighted by Crippen LogP contribution is -2.17. The molecular formula is C18H29NO3S. The molecule has 5 heteroatoms. The van der Waals surface area contributed by atoms with Crippen molar-refractivity contribution in [2.75, 3.05) is 6.61 Å². The predicted octanol–water partition coefficient (Wildman–Crippen LogP) is 3.56. The lowest BCUT2D eigenvalue weighted by Gasteiger charge is -2.12. The lowest BCUT2D eigenvalue weighted by atomic mass is 9.93. The van der Waals surface area contributed by atoms with E-state index in [1.807, 2.05) is 25.3 Å². The molecule has 0 aliphatic carbocycles. The summed E-state index contributed by atoms with van der Waals surface area (Å²) in [5, 5.41) is 22.5. The molecule has 2 N–H and O–H groups in total. The van der Waals surface area contributed by atoms with Crippen molar-refractivity contribution in [2.24, 2.45) is 5.92 Å². The SMILES string of the molecule is C/C(=C\c1csc(C)n1)[C@@H](O)C[C@@H]1O[C@]1(C)CCC[C@H](C)CO. The molecule has 1 saturated heterocycles. The first-order valence-electron chi connectivity index (χ1n) is 8.41. The quantitative estimate of drug-likeness (QED) is 0.675. The summed E-state index contributed by atoms with van der Waals surface area (Å²) in [6.45, 7) is 8.36. The van der Waals surface area contributed by atoms with Crippen molar-refractivity contribution in [1.82, 2.24) is 4.98 Å². The zero-order chi connectivity index (χ0) is 17.0. The van der Waals surface area contributed by atoms with Gasteiger partial charge in [-0.3, -0.25) is 0 Å². The summed E-state index contributed by atoms with van der Waals surface area (Å²) < 4.78 is 5.83. The van der Waals surface area contributed by atoms with Crippen LogP contribution in [0.5, 0.6) is 0 Å². The Balaban J connectivity index is 1.78. The van der Waals surface area contributed by atoms with E-state index in [1.165, 1.54) is 0 Å². The van der Waals surface area contributed by atoms with E-state index in [0.29, 0.717) is 12.3 Å². The van der Waals surface area contributed by atoms with Crippen LogP contribution in [0, 0.1) is 12.8 Å². The molecule has 23 heavy (non-hydrogen) atoms. The van der Waals surface area contributed by atoms with E-state index in [4.69, 9.17) is 9.84 Å². The number of hydrogen-bond donors (Lipinski definition) is 2. The second-order valence-corrected chi connectivity index (χ2v) is 8.09. The minimum atomic E-state index is -0.486. The molecule has 0 bridgehead atoms. The van der Waals surface area contributed by atoms with Crippen molar-refractivity contribution in [1.29, 1.82) is 0 Å². The molecule has 130 valence electrons. The molecule has 0 radical (unpaired) electrons. The largest absolute Gasteiger partial charge is 0.396 e. The highest BCUT2D eigenvalue weighted by Crippen LogP contribution is 2.44. The van der Waals surface area contributed by atoms with Gasteiger partial charge in [0, 0.05) is 18.4 Å². The van der Waals surface area contributed by atoms with Crippen LogP contribution >= 0.6 is 11.3 Å². The highest BCUT2D eigenvalue weighted by molar-refractivity contribution is 7.09. The number of nitrogens with zero attached hydrogens (tertiary/aromatic N) is 1. The van der Waals surface area contributed by atoms with Crippen LogP contribution in [0.3, 0.4) is 0 Å². The third kappa shape index (κ3) is 5.38. The first-order chi connectivity index (χ1) is 10.8. The monoisotopic (exact) mass is 339 g/mol. The maximum atomic E-state index is 10.4. The minimum Gasteiger partial charge on any atom is -0.396 e. The molecular weight excluding hydrogens is 310 g/mol. The summed E-state index contributed by atoms with van der Waals surface area (Å²) in [5.74, 6) is 0.355. The van der Waals surface area contributed by atoms with Crippen molar-refractivity contribution >= 4 is 17.4 Å². The summed E-state index contributed by atoms with van der Waals surface area (Å²) in [6.07, 6.45) is 5.30. The first kappa shape index (κ1) is 18.6. The first-order valence-corrected chi connectivity index (χ1v) is 9.29. The van der Waals surface area contributed by atoms with E-state index in [9.17, 15) is 5.11 Å². The van der Waals surface area contributed by atoms with Gasteiger partial charge in [-0.05, 0) is 51.2 Å². The van der Waals surface area contributed by atoms with E-state index in [-0.39, 0.29) is 18.3 Å². The average Bonchev–Trinajstić information content (AvgIpc) is 2.93. The normalized spacial score (nSPS) is 27.0. The number of hydrogen-bond acceptors (Lipinski definition) is 5. The molecule has 0 aromatic carbocycles. The van der Waals surface area contributed by atoms with E-state index in [1.54, 1.807) is 11.3 Å². The minimum absolute atomic E-state index is 0.104. The summed E-state index contributed by atoms with van der Waals surface area (Å²) in [5.41, 5.74) is 1.75. The number of aliphatic hydroxyl groups is 2. The van der Waals surface area contributed by atoms with Crippen molar-refractivity contribution in [3.8, 4) is 0 Å². The third-order valence-corrected chi connectivity index (χ3v) is 5.48. The Kier molecular flexibility index (Phi) is 6.37. The van der Waals surface area contributed by atoms with Gasteiger partial charge in [0.2, 0.25) is 0 Å². The van der Waals surface area contributed by atoms with Gasteiger partial charge in [-0.1, -0.05) is 13.3 Å². The molecule has 0 spiro atoms. The smallest absolute Gasteiger partial charge is 0.0921 e. The Hall–Kier alpha value is -0.750. The maximum absolute atomic E-state index is 10.4. The van der Waals surface area contributed by atoms with Crippen LogP contribution in [-0.4, -0.2) is 39.6 Å². The Morgan fingerprint density at radius 1 is 1.57 bits per heavy atom. The molecule has 1 aliphatic heterocycles. The Bertz CT molecular complexity index is 542. The van der Waals surface area contributed by atoms with Gasteiger partial charge in [-0.15, -0.1) is 11.3 Å². The van der Waals surface area contributed by atoms with Crippen LogP contribution in [0.2, 0.25) is 0 Å². The molecule has 0 unspecified atom stereocenters. The number of epoxide rings is 1. The van der Waals surface area contributed by atoms with E-state index >= 15 is 0 Å². The van der Waals surface area contributed by atoms with Gasteiger partial charge in [0.05, 0.1) is 28.5 Å². The van der Waals surface area contributed by atoms with Gasteiger partial charge >= 0.3 is 0 Å². The second kappa shape index (κ2) is 7.88. The molecule has 0 amide bonds. The predicted molar refractivity (Wildman–Crippen MR) is 94.5 cm³/mol. The number of thiazole rings is 1. The van der Waals surface area contributed by atoms with Crippen molar-refractivity contribution in [2.45, 2.75) is 71.2 Å². The van der Waals surface area contributed by atoms with Crippen molar-refractivity contribution in [3.63, 3.8) is 0 Å². The van der Waals surface area contributed by atoms with Crippen LogP contribution in [0.25, 0.3) is 6.08 Å². The van der Waals surface area contributed by atoms with Crippen LogP contribution in [0.15, 0.2) is 11.0 Å². The van der Waals surface area contributed by atoms with Crippen molar-refractivity contribution < 1.29 is 14.9 Å². The fourth-order valence-corrected chi connectivity index (χ4v) is 3.44. The Morgan fingerprint density at radius 3 is 2.91 bits per heavy atom. The highest BCUT2D eigenvalue weighted by Gasteiger charge is 2.51. The highest BCUT2D eigenvalue weighted by atomic mass is 32.1.